The minimum Gasteiger partial charge on any atom is -0.341 e. The van der Waals surface area contributed by atoms with Gasteiger partial charge in [0, 0.05) is 11.5 Å². The third kappa shape index (κ3) is 3.15. The molecule has 1 aromatic heterocycles. The van der Waals surface area contributed by atoms with Crippen LogP contribution in [0, 0.1) is 0 Å². The van der Waals surface area contributed by atoms with Crippen molar-refractivity contribution >= 4 is 39.9 Å². The lowest BCUT2D eigenvalue weighted by atomic mass is 10.3. The number of anilines is 2. The first-order valence-corrected chi connectivity index (χ1v) is 6.48. The molecular formula is C12H12BrN5O2. The molecule has 0 bridgehead atoms. The zero-order chi connectivity index (χ0) is 14.5. The van der Waals surface area contributed by atoms with Gasteiger partial charge in [-0.3, -0.25) is 4.79 Å². The van der Waals surface area contributed by atoms with E-state index in [4.69, 9.17) is 0 Å². The predicted octanol–water partition coefficient (Wildman–Crippen LogP) is 1.95. The van der Waals surface area contributed by atoms with Crippen molar-refractivity contribution in [1.82, 2.24) is 15.1 Å². The summed E-state index contributed by atoms with van der Waals surface area (Å²) in [5.41, 5.74) is 1.19. The van der Waals surface area contributed by atoms with Crippen LogP contribution in [0.4, 0.5) is 16.3 Å². The summed E-state index contributed by atoms with van der Waals surface area (Å²) < 4.78 is 2.46. The second-order valence-electron chi connectivity index (χ2n) is 3.78. The highest BCUT2D eigenvalue weighted by molar-refractivity contribution is 9.10. The lowest BCUT2D eigenvalue weighted by Crippen LogP contribution is -2.24. The van der Waals surface area contributed by atoms with E-state index < -0.39 is 6.03 Å². The molecule has 0 saturated carbocycles. The number of nitrogens with zero attached hydrogens (tertiary/aromatic N) is 2. The lowest BCUT2D eigenvalue weighted by Gasteiger charge is -2.02. The van der Waals surface area contributed by atoms with E-state index in [-0.39, 0.29) is 5.82 Å². The number of benzene rings is 1. The van der Waals surface area contributed by atoms with Gasteiger partial charge < -0.3 is 16.0 Å². The summed E-state index contributed by atoms with van der Waals surface area (Å²) in [5.74, 6) is 0.267. The SMILES string of the molecule is CNC(=O)Nc1cn(-c2cccc(Br)c2)nc1NC=O. The molecule has 2 aromatic rings. The highest BCUT2D eigenvalue weighted by atomic mass is 79.9. The molecule has 1 heterocycles. The van der Waals surface area contributed by atoms with Crippen molar-refractivity contribution < 1.29 is 9.59 Å². The topological polar surface area (TPSA) is 88.1 Å². The van der Waals surface area contributed by atoms with E-state index in [0.29, 0.717) is 12.1 Å². The maximum Gasteiger partial charge on any atom is 0.319 e. The van der Waals surface area contributed by atoms with Crippen LogP contribution in [-0.4, -0.2) is 29.3 Å². The Morgan fingerprint density at radius 1 is 1.45 bits per heavy atom. The van der Waals surface area contributed by atoms with E-state index in [0.717, 1.165) is 10.2 Å². The molecule has 1 aromatic carbocycles. The largest absolute Gasteiger partial charge is 0.341 e. The smallest absolute Gasteiger partial charge is 0.319 e. The monoisotopic (exact) mass is 337 g/mol. The highest BCUT2D eigenvalue weighted by Crippen LogP contribution is 2.23. The summed E-state index contributed by atoms with van der Waals surface area (Å²) in [5, 5.41) is 11.7. The molecule has 0 fully saturated rings. The van der Waals surface area contributed by atoms with Crippen LogP contribution in [0.15, 0.2) is 34.9 Å². The molecule has 104 valence electrons. The minimum absolute atomic E-state index is 0.267. The van der Waals surface area contributed by atoms with Crippen LogP contribution < -0.4 is 16.0 Å². The molecule has 3 N–H and O–H groups in total. The molecule has 0 aliphatic heterocycles. The van der Waals surface area contributed by atoms with Crippen molar-refractivity contribution in [2.45, 2.75) is 0 Å². The average molecular weight is 338 g/mol. The Balaban J connectivity index is 2.37. The molecule has 0 unspecified atom stereocenters. The Morgan fingerprint density at radius 2 is 2.25 bits per heavy atom. The summed E-state index contributed by atoms with van der Waals surface area (Å²) >= 11 is 3.37. The second kappa shape index (κ2) is 6.20. The molecular weight excluding hydrogens is 326 g/mol. The molecule has 0 radical (unpaired) electrons. The maximum atomic E-state index is 11.4. The Morgan fingerprint density at radius 3 is 2.90 bits per heavy atom. The summed E-state index contributed by atoms with van der Waals surface area (Å²) in [6, 6.07) is 7.07. The number of hydrogen-bond acceptors (Lipinski definition) is 3. The normalized spacial score (nSPS) is 9.90. The standard InChI is InChI=1S/C12H12BrN5O2/c1-14-12(20)16-10-6-18(17-11(10)15-7-19)9-4-2-3-8(13)5-9/h2-7H,1H3,(H2,14,16,20)(H,15,17,19). The molecule has 20 heavy (non-hydrogen) atoms. The molecule has 0 aliphatic carbocycles. The van der Waals surface area contributed by atoms with Gasteiger partial charge in [-0.2, -0.15) is 0 Å². The van der Waals surface area contributed by atoms with Crippen molar-refractivity contribution in [3.63, 3.8) is 0 Å². The minimum atomic E-state index is -0.396. The van der Waals surface area contributed by atoms with Crippen molar-refractivity contribution in [3.8, 4) is 5.69 Å². The molecule has 7 nitrogen and oxygen atoms in total. The number of nitrogens with one attached hydrogen (secondary N) is 3. The van der Waals surface area contributed by atoms with E-state index in [9.17, 15) is 9.59 Å². The Hall–Kier alpha value is -2.35. The number of amides is 3. The lowest BCUT2D eigenvalue weighted by molar-refractivity contribution is -0.105. The third-order valence-electron chi connectivity index (χ3n) is 2.46. The fourth-order valence-corrected chi connectivity index (χ4v) is 1.95. The fourth-order valence-electron chi connectivity index (χ4n) is 1.56. The third-order valence-corrected chi connectivity index (χ3v) is 2.95. The second-order valence-corrected chi connectivity index (χ2v) is 4.70. The van der Waals surface area contributed by atoms with Crippen LogP contribution in [0.25, 0.3) is 5.69 Å². The van der Waals surface area contributed by atoms with Crippen LogP contribution >= 0.6 is 15.9 Å². The van der Waals surface area contributed by atoms with Crippen molar-refractivity contribution in [3.05, 3.63) is 34.9 Å². The number of rotatable bonds is 4. The first kappa shape index (κ1) is 14.1. The van der Waals surface area contributed by atoms with Gasteiger partial charge in [0.05, 0.1) is 11.9 Å². The van der Waals surface area contributed by atoms with Gasteiger partial charge in [0.15, 0.2) is 5.82 Å². The molecule has 3 amide bonds. The summed E-state index contributed by atoms with van der Waals surface area (Å²) in [6.07, 6.45) is 2.12. The van der Waals surface area contributed by atoms with Crippen molar-refractivity contribution in [1.29, 1.82) is 0 Å². The van der Waals surface area contributed by atoms with Gasteiger partial charge in [-0.15, -0.1) is 5.10 Å². The van der Waals surface area contributed by atoms with Gasteiger partial charge in [0.2, 0.25) is 6.41 Å². The predicted molar refractivity (Wildman–Crippen MR) is 79.0 cm³/mol. The van der Waals surface area contributed by atoms with Gasteiger partial charge in [-0.1, -0.05) is 22.0 Å². The van der Waals surface area contributed by atoms with E-state index in [1.165, 1.54) is 7.05 Å². The number of halogens is 1. The van der Waals surface area contributed by atoms with Gasteiger partial charge in [0.25, 0.3) is 0 Å². The first-order valence-electron chi connectivity index (χ1n) is 5.68. The zero-order valence-corrected chi connectivity index (χ0v) is 12.1. The van der Waals surface area contributed by atoms with Crippen molar-refractivity contribution in [2.24, 2.45) is 0 Å². The number of hydrogen-bond donors (Lipinski definition) is 3. The molecule has 2 rings (SSSR count). The number of urea groups is 1. The summed E-state index contributed by atoms with van der Waals surface area (Å²) in [6.45, 7) is 0. The van der Waals surface area contributed by atoms with E-state index in [1.54, 1.807) is 10.9 Å². The van der Waals surface area contributed by atoms with E-state index >= 15 is 0 Å². The maximum absolute atomic E-state index is 11.4. The summed E-state index contributed by atoms with van der Waals surface area (Å²) in [7, 11) is 1.50. The Labute approximate surface area is 123 Å². The molecule has 0 aliphatic rings. The first-order chi connectivity index (χ1) is 9.63. The zero-order valence-electron chi connectivity index (χ0n) is 10.6. The fraction of sp³-hybridized carbons (Fsp3) is 0.0833. The highest BCUT2D eigenvalue weighted by Gasteiger charge is 2.12. The van der Waals surface area contributed by atoms with Crippen LogP contribution in [-0.2, 0) is 4.79 Å². The van der Waals surface area contributed by atoms with Crippen LogP contribution in [0.2, 0.25) is 0 Å². The van der Waals surface area contributed by atoms with Gasteiger partial charge in [0.1, 0.15) is 5.69 Å². The molecule has 8 heteroatoms. The Kier molecular flexibility index (Phi) is 4.36. The van der Waals surface area contributed by atoms with Gasteiger partial charge in [-0.05, 0) is 18.2 Å². The summed E-state index contributed by atoms with van der Waals surface area (Å²) in [4.78, 5) is 21.9. The van der Waals surface area contributed by atoms with Crippen LogP contribution in [0.1, 0.15) is 0 Å². The van der Waals surface area contributed by atoms with E-state index in [2.05, 4.69) is 37.0 Å². The van der Waals surface area contributed by atoms with E-state index in [1.807, 2.05) is 24.3 Å². The van der Waals surface area contributed by atoms with Crippen LogP contribution in [0.3, 0.4) is 0 Å². The molecule has 0 saturated heterocycles. The Bertz CT molecular complexity index is 641. The number of carbonyl (C=O) groups excluding carboxylic acids is 2. The number of carbonyl (C=O) groups is 2. The van der Waals surface area contributed by atoms with Gasteiger partial charge >= 0.3 is 6.03 Å². The molecule has 0 spiro atoms. The van der Waals surface area contributed by atoms with Crippen LogP contribution in [0.5, 0.6) is 0 Å². The quantitative estimate of drug-likeness (QED) is 0.745. The molecule has 0 atom stereocenters. The average Bonchev–Trinajstić information content (AvgIpc) is 2.82. The number of aromatic nitrogens is 2. The van der Waals surface area contributed by atoms with Gasteiger partial charge in [-0.25, -0.2) is 9.48 Å². The van der Waals surface area contributed by atoms with Crippen molar-refractivity contribution in [2.75, 3.05) is 17.7 Å².